The summed E-state index contributed by atoms with van der Waals surface area (Å²) in [6.45, 7) is 3.88. The van der Waals surface area contributed by atoms with Crippen molar-refractivity contribution in [3.63, 3.8) is 0 Å². The van der Waals surface area contributed by atoms with Gasteiger partial charge in [-0.1, -0.05) is 6.07 Å². The third-order valence-electron chi connectivity index (χ3n) is 3.37. The maximum Gasteiger partial charge on any atom is 0.321 e. The molecule has 2 aromatic rings. The van der Waals surface area contributed by atoms with Crippen molar-refractivity contribution in [3.8, 4) is 11.5 Å². The SMILES string of the molecule is CSC[C@H](C)N(C)C(=O)Nc1cccc(-c2ncc(C)o2)c1. The molecular weight excluding hydrogens is 298 g/mol. The van der Waals surface area contributed by atoms with Crippen LogP contribution < -0.4 is 5.32 Å². The fourth-order valence-corrected chi connectivity index (χ4v) is 2.69. The van der Waals surface area contributed by atoms with Crippen LogP contribution in [0.5, 0.6) is 0 Å². The fraction of sp³-hybridized carbons (Fsp3) is 0.375. The Balaban J connectivity index is 2.09. The van der Waals surface area contributed by atoms with Gasteiger partial charge in [-0.05, 0) is 38.3 Å². The number of oxazole rings is 1. The van der Waals surface area contributed by atoms with Crippen LogP contribution in [0.25, 0.3) is 11.5 Å². The second-order valence-electron chi connectivity index (χ2n) is 5.20. The van der Waals surface area contributed by atoms with Crippen LogP contribution in [0.2, 0.25) is 0 Å². The summed E-state index contributed by atoms with van der Waals surface area (Å²) >= 11 is 1.72. The highest BCUT2D eigenvalue weighted by Gasteiger charge is 2.15. The van der Waals surface area contributed by atoms with Crippen molar-refractivity contribution in [1.82, 2.24) is 9.88 Å². The first kappa shape index (κ1) is 16.4. The average Bonchev–Trinajstić information content (AvgIpc) is 2.93. The second-order valence-corrected chi connectivity index (χ2v) is 6.11. The number of anilines is 1. The molecule has 0 saturated heterocycles. The Bertz CT molecular complexity index is 642. The zero-order valence-electron chi connectivity index (χ0n) is 13.3. The van der Waals surface area contributed by atoms with Crippen molar-refractivity contribution in [2.24, 2.45) is 0 Å². The highest BCUT2D eigenvalue weighted by Crippen LogP contribution is 2.22. The molecule has 2 amide bonds. The smallest absolute Gasteiger partial charge is 0.321 e. The topological polar surface area (TPSA) is 58.4 Å². The molecule has 0 fully saturated rings. The van der Waals surface area contributed by atoms with E-state index < -0.39 is 0 Å². The molecule has 1 atom stereocenters. The van der Waals surface area contributed by atoms with Gasteiger partial charge in [0.2, 0.25) is 5.89 Å². The summed E-state index contributed by atoms with van der Waals surface area (Å²) in [5.74, 6) is 2.22. The van der Waals surface area contributed by atoms with E-state index in [2.05, 4.69) is 10.3 Å². The number of amides is 2. The van der Waals surface area contributed by atoms with Gasteiger partial charge < -0.3 is 14.6 Å². The molecule has 5 nitrogen and oxygen atoms in total. The van der Waals surface area contributed by atoms with E-state index in [1.54, 1.807) is 29.9 Å². The van der Waals surface area contributed by atoms with E-state index in [0.29, 0.717) is 5.89 Å². The van der Waals surface area contributed by atoms with Crippen LogP contribution >= 0.6 is 11.8 Å². The number of rotatable bonds is 5. The molecule has 0 spiro atoms. The minimum Gasteiger partial charge on any atom is -0.441 e. The van der Waals surface area contributed by atoms with E-state index in [1.165, 1.54) is 0 Å². The summed E-state index contributed by atoms with van der Waals surface area (Å²) in [5, 5.41) is 2.91. The summed E-state index contributed by atoms with van der Waals surface area (Å²) in [6.07, 6.45) is 3.71. The molecule has 0 aliphatic rings. The number of nitrogens with zero attached hydrogens (tertiary/aromatic N) is 2. The van der Waals surface area contributed by atoms with Crippen LogP contribution in [-0.2, 0) is 0 Å². The van der Waals surface area contributed by atoms with Gasteiger partial charge in [0, 0.05) is 30.1 Å². The predicted octanol–water partition coefficient (Wildman–Crippen LogP) is 3.87. The molecule has 2 rings (SSSR count). The van der Waals surface area contributed by atoms with Crippen molar-refractivity contribution >= 4 is 23.5 Å². The van der Waals surface area contributed by atoms with E-state index in [1.807, 2.05) is 44.4 Å². The third-order valence-corrected chi connectivity index (χ3v) is 4.19. The normalized spacial score (nSPS) is 12.0. The van der Waals surface area contributed by atoms with Crippen LogP contribution in [0.4, 0.5) is 10.5 Å². The van der Waals surface area contributed by atoms with Crippen LogP contribution in [-0.4, -0.2) is 41.0 Å². The van der Waals surface area contributed by atoms with Gasteiger partial charge in [-0.25, -0.2) is 9.78 Å². The molecule has 0 unspecified atom stereocenters. The monoisotopic (exact) mass is 319 g/mol. The number of aryl methyl sites for hydroxylation is 1. The van der Waals surface area contributed by atoms with Crippen molar-refractivity contribution in [2.45, 2.75) is 19.9 Å². The third kappa shape index (κ3) is 4.04. The zero-order chi connectivity index (χ0) is 16.1. The minimum atomic E-state index is -0.123. The van der Waals surface area contributed by atoms with Gasteiger partial charge in [0.25, 0.3) is 0 Å². The molecule has 118 valence electrons. The number of hydrogen-bond acceptors (Lipinski definition) is 4. The molecule has 1 aromatic heterocycles. The van der Waals surface area contributed by atoms with Gasteiger partial charge in [-0.15, -0.1) is 0 Å². The van der Waals surface area contributed by atoms with Gasteiger partial charge in [0.15, 0.2) is 0 Å². The van der Waals surface area contributed by atoms with Crippen LogP contribution in [0.1, 0.15) is 12.7 Å². The summed E-state index contributed by atoms with van der Waals surface area (Å²) in [4.78, 5) is 18.2. The first-order valence-electron chi connectivity index (χ1n) is 7.07. The highest BCUT2D eigenvalue weighted by atomic mass is 32.2. The number of carbonyl (C=O) groups is 1. The maximum absolute atomic E-state index is 12.2. The van der Waals surface area contributed by atoms with Crippen molar-refractivity contribution in [2.75, 3.05) is 24.4 Å². The van der Waals surface area contributed by atoms with E-state index in [4.69, 9.17) is 4.42 Å². The highest BCUT2D eigenvalue weighted by molar-refractivity contribution is 7.98. The fourth-order valence-electron chi connectivity index (χ4n) is 1.98. The number of thioether (sulfide) groups is 1. The minimum absolute atomic E-state index is 0.123. The van der Waals surface area contributed by atoms with Gasteiger partial charge in [0.05, 0.1) is 6.20 Å². The molecule has 0 saturated carbocycles. The Morgan fingerprint density at radius 1 is 1.50 bits per heavy atom. The molecule has 0 aliphatic carbocycles. The lowest BCUT2D eigenvalue weighted by molar-refractivity contribution is 0.212. The quantitative estimate of drug-likeness (QED) is 0.909. The zero-order valence-corrected chi connectivity index (χ0v) is 14.1. The summed E-state index contributed by atoms with van der Waals surface area (Å²) in [7, 11) is 1.80. The largest absolute Gasteiger partial charge is 0.441 e. The molecule has 22 heavy (non-hydrogen) atoms. The summed E-state index contributed by atoms with van der Waals surface area (Å²) in [6, 6.07) is 7.53. The van der Waals surface area contributed by atoms with Gasteiger partial charge in [-0.3, -0.25) is 0 Å². The Morgan fingerprint density at radius 2 is 2.27 bits per heavy atom. The van der Waals surface area contributed by atoms with Crippen LogP contribution in [0.3, 0.4) is 0 Å². The number of benzene rings is 1. The Hall–Kier alpha value is -1.95. The molecule has 6 heteroatoms. The van der Waals surface area contributed by atoms with E-state index in [-0.39, 0.29) is 12.1 Å². The van der Waals surface area contributed by atoms with E-state index >= 15 is 0 Å². The molecule has 1 aromatic carbocycles. The van der Waals surface area contributed by atoms with Crippen LogP contribution in [0.15, 0.2) is 34.9 Å². The first-order valence-corrected chi connectivity index (χ1v) is 8.46. The van der Waals surface area contributed by atoms with Crippen LogP contribution in [0, 0.1) is 6.92 Å². The Kier molecular flexibility index (Phi) is 5.49. The molecule has 0 aliphatic heterocycles. The van der Waals surface area contributed by atoms with Crippen molar-refractivity contribution in [3.05, 3.63) is 36.2 Å². The number of nitrogens with one attached hydrogen (secondary N) is 1. The number of carbonyl (C=O) groups excluding carboxylic acids is 1. The van der Waals surface area contributed by atoms with Crippen molar-refractivity contribution < 1.29 is 9.21 Å². The summed E-state index contributed by atoms with van der Waals surface area (Å²) < 4.78 is 5.51. The van der Waals surface area contributed by atoms with E-state index in [9.17, 15) is 4.79 Å². The van der Waals surface area contributed by atoms with E-state index in [0.717, 1.165) is 22.8 Å². The lowest BCUT2D eigenvalue weighted by Gasteiger charge is -2.24. The standard InChI is InChI=1S/C16H21N3O2S/c1-11(10-22-4)19(3)16(20)18-14-7-5-6-13(8-14)15-17-9-12(2)21-15/h5-9,11H,10H2,1-4H3,(H,18,20)/t11-/m0/s1. The first-order chi connectivity index (χ1) is 10.5. The number of hydrogen-bond donors (Lipinski definition) is 1. The predicted molar refractivity (Wildman–Crippen MR) is 91.3 cm³/mol. The lowest BCUT2D eigenvalue weighted by atomic mass is 10.2. The average molecular weight is 319 g/mol. The van der Waals surface area contributed by atoms with Crippen molar-refractivity contribution in [1.29, 1.82) is 0 Å². The molecular formula is C16H21N3O2S. The molecule has 1 heterocycles. The van der Waals surface area contributed by atoms with Gasteiger partial charge in [0.1, 0.15) is 5.76 Å². The second kappa shape index (κ2) is 7.35. The summed E-state index contributed by atoms with van der Waals surface area (Å²) in [5.41, 5.74) is 1.56. The molecule has 0 bridgehead atoms. The number of aromatic nitrogens is 1. The number of urea groups is 1. The van der Waals surface area contributed by atoms with Gasteiger partial charge in [-0.2, -0.15) is 11.8 Å². The molecule has 0 radical (unpaired) electrons. The maximum atomic E-state index is 12.2. The Labute approximate surface area is 135 Å². The lowest BCUT2D eigenvalue weighted by Crippen LogP contribution is -2.39. The van der Waals surface area contributed by atoms with Gasteiger partial charge >= 0.3 is 6.03 Å². The Morgan fingerprint density at radius 3 is 2.91 bits per heavy atom. The molecule has 1 N–H and O–H groups in total.